The quantitative estimate of drug-likeness (QED) is 0.908. The van der Waals surface area contributed by atoms with Crippen molar-refractivity contribution in [2.24, 2.45) is 0 Å². The van der Waals surface area contributed by atoms with E-state index in [1.54, 1.807) is 12.1 Å². The van der Waals surface area contributed by atoms with Crippen LogP contribution in [0.5, 0.6) is 0 Å². The monoisotopic (exact) mass is 266 g/mol. The zero-order valence-corrected chi connectivity index (χ0v) is 11.4. The lowest BCUT2D eigenvalue weighted by molar-refractivity contribution is 0.0751. The average Bonchev–Trinajstić information content (AvgIpc) is 2.88. The van der Waals surface area contributed by atoms with Gasteiger partial charge in [-0.1, -0.05) is 23.7 Å². The zero-order chi connectivity index (χ0) is 13.0. The molecular formula is C14H19ClN2O. The molecule has 3 nitrogen and oxygen atoms in total. The Morgan fingerprint density at radius 1 is 1.50 bits per heavy atom. The smallest absolute Gasteiger partial charge is 0.255 e. The molecule has 1 aliphatic rings. The number of likely N-dealkylation sites (N-methyl/N-ethyl adjacent to an activating group) is 1. The van der Waals surface area contributed by atoms with Crippen molar-refractivity contribution < 1.29 is 4.79 Å². The lowest BCUT2D eigenvalue weighted by Crippen LogP contribution is -2.41. The minimum absolute atomic E-state index is 0.0248. The molecule has 1 fully saturated rings. The first-order valence-corrected chi connectivity index (χ1v) is 6.87. The minimum atomic E-state index is 0.0248. The maximum absolute atomic E-state index is 12.4. The number of halogens is 1. The third kappa shape index (κ3) is 3.03. The first kappa shape index (κ1) is 13.4. The van der Waals surface area contributed by atoms with Gasteiger partial charge >= 0.3 is 0 Å². The summed E-state index contributed by atoms with van der Waals surface area (Å²) in [5, 5.41) is 3.94. The van der Waals surface area contributed by atoms with E-state index in [2.05, 4.69) is 5.32 Å². The van der Waals surface area contributed by atoms with Crippen molar-refractivity contribution in [3.63, 3.8) is 0 Å². The molecule has 1 N–H and O–H groups in total. The molecule has 98 valence electrons. The summed E-state index contributed by atoms with van der Waals surface area (Å²) in [4.78, 5) is 14.3. The molecule has 0 saturated carbocycles. The molecule has 0 bridgehead atoms. The number of rotatable bonds is 4. The van der Waals surface area contributed by atoms with Gasteiger partial charge in [0.05, 0.1) is 10.6 Å². The first-order valence-electron chi connectivity index (χ1n) is 6.49. The highest BCUT2D eigenvalue weighted by molar-refractivity contribution is 6.33. The predicted molar refractivity (Wildman–Crippen MR) is 74.1 cm³/mol. The van der Waals surface area contributed by atoms with Crippen LogP contribution in [0, 0.1) is 0 Å². The summed E-state index contributed by atoms with van der Waals surface area (Å²) in [5.41, 5.74) is 0.596. The third-order valence-corrected chi connectivity index (χ3v) is 3.71. The van der Waals surface area contributed by atoms with Crippen molar-refractivity contribution >= 4 is 17.5 Å². The van der Waals surface area contributed by atoms with E-state index in [-0.39, 0.29) is 5.91 Å². The summed E-state index contributed by atoms with van der Waals surface area (Å²) in [5.74, 6) is 0.0248. The van der Waals surface area contributed by atoms with Gasteiger partial charge in [0.2, 0.25) is 0 Å². The number of hydrogen-bond donors (Lipinski definition) is 1. The molecule has 1 saturated heterocycles. The van der Waals surface area contributed by atoms with Crippen LogP contribution in [-0.2, 0) is 0 Å². The lowest BCUT2D eigenvalue weighted by Gasteiger charge is -2.25. The van der Waals surface area contributed by atoms with E-state index in [1.165, 1.54) is 6.42 Å². The van der Waals surface area contributed by atoms with Gasteiger partial charge < -0.3 is 10.2 Å². The van der Waals surface area contributed by atoms with Crippen molar-refractivity contribution in [2.45, 2.75) is 25.8 Å². The fourth-order valence-electron chi connectivity index (χ4n) is 2.34. The molecule has 1 amide bonds. The van der Waals surface area contributed by atoms with Crippen LogP contribution in [0.1, 0.15) is 30.1 Å². The molecule has 0 aliphatic carbocycles. The standard InChI is InChI=1S/C14H19ClN2O/c1-2-17(10-11-6-5-9-16-11)14(18)12-7-3-4-8-13(12)15/h3-4,7-8,11,16H,2,5-6,9-10H2,1H3. The van der Waals surface area contributed by atoms with Gasteiger partial charge in [-0.15, -0.1) is 0 Å². The summed E-state index contributed by atoms with van der Waals surface area (Å²) < 4.78 is 0. The van der Waals surface area contributed by atoms with E-state index in [1.807, 2.05) is 24.0 Å². The van der Waals surface area contributed by atoms with Crippen LogP contribution in [0.4, 0.5) is 0 Å². The van der Waals surface area contributed by atoms with E-state index in [0.717, 1.165) is 19.5 Å². The van der Waals surface area contributed by atoms with E-state index in [0.29, 0.717) is 23.2 Å². The molecule has 0 aromatic heterocycles. The van der Waals surface area contributed by atoms with Gasteiger partial charge in [0.15, 0.2) is 0 Å². The Bertz CT molecular complexity index is 416. The Morgan fingerprint density at radius 2 is 2.28 bits per heavy atom. The number of nitrogens with one attached hydrogen (secondary N) is 1. The molecular weight excluding hydrogens is 248 g/mol. The van der Waals surface area contributed by atoms with E-state index in [4.69, 9.17) is 11.6 Å². The van der Waals surface area contributed by atoms with Crippen molar-refractivity contribution in [3.05, 3.63) is 34.9 Å². The van der Waals surface area contributed by atoms with Gasteiger partial charge in [0, 0.05) is 19.1 Å². The Kier molecular flexibility index (Phi) is 4.61. The lowest BCUT2D eigenvalue weighted by atomic mass is 10.1. The SMILES string of the molecule is CCN(CC1CCCN1)C(=O)c1ccccc1Cl. The molecule has 1 aromatic carbocycles. The number of carbonyl (C=O) groups is 1. The molecule has 2 rings (SSSR count). The van der Waals surface area contributed by atoms with Gasteiger partial charge in [-0.2, -0.15) is 0 Å². The van der Waals surface area contributed by atoms with Gasteiger partial charge in [-0.05, 0) is 38.4 Å². The fourth-order valence-corrected chi connectivity index (χ4v) is 2.56. The van der Waals surface area contributed by atoms with Gasteiger partial charge in [0.25, 0.3) is 5.91 Å². The van der Waals surface area contributed by atoms with E-state index >= 15 is 0 Å². The largest absolute Gasteiger partial charge is 0.337 e. The molecule has 4 heteroatoms. The average molecular weight is 267 g/mol. The van der Waals surface area contributed by atoms with Crippen LogP contribution in [0.15, 0.2) is 24.3 Å². The number of hydrogen-bond acceptors (Lipinski definition) is 2. The van der Waals surface area contributed by atoms with Crippen LogP contribution in [0.3, 0.4) is 0 Å². The highest BCUT2D eigenvalue weighted by Gasteiger charge is 2.22. The van der Waals surface area contributed by atoms with Gasteiger partial charge in [-0.25, -0.2) is 0 Å². The summed E-state index contributed by atoms with van der Waals surface area (Å²) in [6.45, 7) is 4.54. The number of nitrogens with zero attached hydrogens (tertiary/aromatic N) is 1. The van der Waals surface area contributed by atoms with Crippen LogP contribution in [0.25, 0.3) is 0 Å². The zero-order valence-electron chi connectivity index (χ0n) is 10.7. The second-order valence-corrected chi connectivity index (χ2v) is 5.02. The molecule has 0 spiro atoms. The third-order valence-electron chi connectivity index (χ3n) is 3.38. The van der Waals surface area contributed by atoms with Gasteiger partial charge in [-0.3, -0.25) is 4.79 Å². The molecule has 1 atom stereocenters. The highest BCUT2D eigenvalue weighted by atomic mass is 35.5. The molecule has 0 radical (unpaired) electrons. The van der Waals surface area contributed by atoms with Crippen LogP contribution in [-0.4, -0.2) is 36.5 Å². The molecule has 1 aromatic rings. The normalized spacial score (nSPS) is 18.9. The topological polar surface area (TPSA) is 32.3 Å². The van der Waals surface area contributed by atoms with Crippen molar-refractivity contribution in [2.75, 3.05) is 19.6 Å². The van der Waals surface area contributed by atoms with Crippen LogP contribution < -0.4 is 5.32 Å². The molecule has 1 heterocycles. The van der Waals surface area contributed by atoms with Crippen molar-refractivity contribution in [1.29, 1.82) is 0 Å². The Balaban J connectivity index is 2.07. The number of benzene rings is 1. The summed E-state index contributed by atoms with van der Waals surface area (Å²) in [6.07, 6.45) is 2.34. The maximum Gasteiger partial charge on any atom is 0.255 e. The Labute approximate surface area is 113 Å². The number of amides is 1. The fraction of sp³-hybridized carbons (Fsp3) is 0.500. The van der Waals surface area contributed by atoms with E-state index in [9.17, 15) is 4.79 Å². The molecule has 18 heavy (non-hydrogen) atoms. The summed E-state index contributed by atoms with van der Waals surface area (Å²) in [6, 6.07) is 7.66. The van der Waals surface area contributed by atoms with Gasteiger partial charge in [0.1, 0.15) is 0 Å². The summed E-state index contributed by atoms with van der Waals surface area (Å²) >= 11 is 6.07. The second kappa shape index (κ2) is 6.21. The van der Waals surface area contributed by atoms with Crippen molar-refractivity contribution in [3.8, 4) is 0 Å². The predicted octanol–water partition coefficient (Wildman–Crippen LogP) is 2.55. The Morgan fingerprint density at radius 3 is 2.89 bits per heavy atom. The number of carbonyl (C=O) groups excluding carboxylic acids is 1. The van der Waals surface area contributed by atoms with E-state index < -0.39 is 0 Å². The second-order valence-electron chi connectivity index (χ2n) is 4.62. The Hall–Kier alpha value is -1.06. The molecule has 1 aliphatic heterocycles. The van der Waals surface area contributed by atoms with Crippen LogP contribution >= 0.6 is 11.6 Å². The molecule has 1 unspecified atom stereocenters. The maximum atomic E-state index is 12.4. The minimum Gasteiger partial charge on any atom is -0.337 e. The van der Waals surface area contributed by atoms with Crippen LogP contribution in [0.2, 0.25) is 5.02 Å². The summed E-state index contributed by atoms with van der Waals surface area (Å²) in [7, 11) is 0. The highest BCUT2D eigenvalue weighted by Crippen LogP contribution is 2.18. The first-order chi connectivity index (χ1) is 8.72. The van der Waals surface area contributed by atoms with Crippen molar-refractivity contribution in [1.82, 2.24) is 10.2 Å².